The van der Waals surface area contributed by atoms with Gasteiger partial charge in [-0.2, -0.15) is 0 Å². The van der Waals surface area contributed by atoms with Gasteiger partial charge in [0.15, 0.2) is 0 Å². The van der Waals surface area contributed by atoms with Gasteiger partial charge in [-0.1, -0.05) is 6.07 Å². The lowest BCUT2D eigenvalue weighted by Crippen LogP contribution is -2.37. The summed E-state index contributed by atoms with van der Waals surface area (Å²) < 4.78 is 19.7. The van der Waals surface area contributed by atoms with E-state index in [0.717, 1.165) is 43.8 Å². The van der Waals surface area contributed by atoms with Crippen LogP contribution in [0.5, 0.6) is 0 Å². The van der Waals surface area contributed by atoms with E-state index in [9.17, 15) is 4.39 Å². The van der Waals surface area contributed by atoms with Gasteiger partial charge >= 0.3 is 0 Å². The van der Waals surface area contributed by atoms with Crippen molar-refractivity contribution in [1.82, 2.24) is 5.32 Å². The Hall–Kier alpha value is -1.13. The molecule has 0 aliphatic carbocycles. The van der Waals surface area contributed by atoms with E-state index in [0.29, 0.717) is 12.6 Å². The highest BCUT2D eigenvalue weighted by atomic mass is 19.1. The molecule has 1 aliphatic rings. The average Bonchev–Trinajstić information content (AvgIpc) is 2.41. The number of hydrogen-bond donors (Lipinski definition) is 1. The van der Waals surface area contributed by atoms with Gasteiger partial charge in [-0.05, 0) is 44.5 Å². The second kappa shape index (κ2) is 6.87. The molecule has 0 atom stereocenters. The maximum atomic E-state index is 14.1. The Morgan fingerprint density at radius 3 is 2.68 bits per heavy atom. The zero-order chi connectivity index (χ0) is 13.7. The van der Waals surface area contributed by atoms with E-state index in [1.165, 1.54) is 0 Å². The van der Waals surface area contributed by atoms with Gasteiger partial charge in [0.1, 0.15) is 5.82 Å². The molecule has 1 aliphatic heterocycles. The molecule has 1 aromatic carbocycles. The van der Waals surface area contributed by atoms with Crippen LogP contribution in [0.15, 0.2) is 18.2 Å². The fraction of sp³-hybridized carbons (Fsp3) is 0.600. The minimum atomic E-state index is -0.123. The van der Waals surface area contributed by atoms with Gasteiger partial charge in [0, 0.05) is 26.2 Å². The number of rotatable bonds is 5. The first-order valence-electron chi connectivity index (χ1n) is 7.04. The van der Waals surface area contributed by atoms with Gasteiger partial charge in [0.2, 0.25) is 0 Å². The third-order valence-corrected chi connectivity index (χ3v) is 3.58. The average molecular weight is 266 g/mol. The second-order valence-corrected chi connectivity index (χ2v) is 4.96. The van der Waals surface area contributed by atoms with Crippen LogP contribution in [-0.4, -0.2) is 32.8 Å². The van der Waals surface area contributed by atoms with Crippen LogP contribution in [-0.2, 0) is 11.3 Å². The Labute approximate surface area is 114 Å². The lowest BCUT2D eigenvalue weighted by atomic mass is 10.1. The summed E-state index contributed by atoms with van der Waals surface area (Å²) in [6, 6.07) is 5.51. The topological polar surface area (TPSA) is 24.5 Å². The van der Waals surface area contributed by atoms with Crippen LogP contribution in [0.4, 0.5) is 10.1 Å². The Kier molecular flexibility index (Phi) is 5.16. The van der Waals surface area contributed by atoms with Gasteiger partial charge in [0.05, 0.1) is 11.8 Å². The molecule has 1 aromatic rings. The molecule has 1 heterocycles. The minimum absolute atomic E-state index is 0.123. The van der Waals surface area contributed by atoms with Crippen LogP contribution < -0.4 is 10.2 Å². The fourth-order valence-corrected chi connectivity index (χ4v) is 2.62. The number of anilines is 1. The molecule has 3 nitrogen and oxygen atoms in total. The molecule has 2 rings (SSSR count). The number of piperidine rings is 1. The molecular weight excluding hydrogens is 243 g/mol. The van der Waals surface area contributed by atoms with Crippen molar-refractivity contribution in [3.8, 4) is 0 Å². The maximum Gasteiger partial charge on any atom is 0.146 e. The molecule has 106 valence electrons. The van der Waals surface area contributed by atoms with Crippen molar-refractivity contribution in [2.75, 3.05) is 31.6 Å². The van der Waals surface area contributed by atoms with E-state index in [1.54, 1.807) is 6.07 Å². The molecule has 0 radical (unpaired) electrons. The zero-order valence-corrected chi connectivity index (χ0v) is 11.8. The third-order valence-electron chi connectivity index (χ3n) is 3.58. The number of halogens is 1. The molecule has 0 unspecified atom stereocenters. The SMILES string of the molecule is CCOC1CCN(c2ccc(CNC)cc2F)CC1. The molecule has 0 saturated carbocycles. The lowest BCUT2D eigenvalue weighted by Gasteiger charge is -2.33. The number of hydrogen-bond acceptors (Lipinski definition) is 3. The van der Waals surface area contributed by atoms with Crippen molar-refractivity contribution in [3.05, 3.63) is 29.6 Å². The molecule has 19 heavy (non-hydrogen) atoms. The standard InChI is InChI=1S/C15H23FN2O/c1-3-19-13-6-8-18(9-7-13)15-5-4-12(11-17-2)10-14(15)16/h4-5,10,13,17H,3,6-9,11H2,1-2H3. The first-order chi connectivity index (χ1) is 9.24. The number of benzene rings is 1. The van der Waals surface area contributed by atoms with Gasteiger partial charge < -0.3 is 15.0 Å². The van der Waals surface area contributed by atoms with Crippen molar-refractivity contribution < 1.29 is 9.13 Å². The predicted molar refractivity (Wildman–Crippen MR) is 76.0 cm³/mol. The Bertz CT molecular complexity index is 403. The normalized spacial score (nSPS) is 16.9. The highest BCUT2D eigenvalue weighted by Crippen LogP contribution is 2.25. The summed E-state index contributed by atoms with van der Waals surface area (Å²) in [6.45, 7) is 5.22. The van der Waals surface area contributed by atoms with E-state index in [2.05, 4.69) is 10.2 Å². The van der Waals surface area contributed by atoms with Crippen LogP contribution in [0, 0.1) is 5.82 Å². The first kappa shape index (κ1) is 14.3. The van der Waals surface area contributed by atoms with E-state index >= 15 is 0 Å². The summed E-state index contributed by atoms with van der Waals surface area (Å²) in [5.41, 5.74) is 1.70. The van der Waals surface area contributed by atoms with Crippen LogP contribution in [0.25, 0.3) is 0 Å². The Morgan fingerprint density at radius 1 is 1.37 bits per heavy atom. The largest absolute Gasteiger partial charge is 0.378 e. The van der Waals surface area contributed by atoms with Crippen molar-refractivity contribution in [1.29, 1.82) is 0 Å². The zero-order valence-electron chi connectivity index (χ0n) is 11.8. The van der Waals surface area contributed by atoms with E-state index in [1.807, 2.05) is 26.1 Å². The summed E-state index contributed by atoms with van der Waals surface area (Å²) in [7, 11) is 1.87. The summed E-state index contributed by atoms with van der Waals surface area (Å²) in [6.07, 6.45) is 2.30. The quantitative estimate of drug-likeness (QED) is 0.886. The summed E-state index contributed by atoms with van der Waals surface area (Å²) >= 11 is 0. The van der Waals surface area contributed by atoms with Crippen LogP contribution in [0.1, 0.15) is 25.3 Å². The van der Waals surface area contributed by atoms with Crippen LogP contribution in [0.2, 0.25) is 0 Å². The van der Waals surface area contributed by atoms with Crippen molar-refractivity contribution in [2.45, 2.75) is 32.4 Å². The van der Waals surface area contributed by atoms with Gasteiger partial charge in [-0.15, -0.1) is 0 Å². The Balaban J connectivity index is 1.99. The number of ether oxygens (including phenoxy) is 1. The molecule has 0 bridgehead atoms. The smallest absolute Gasteiger partial charge is 0.146 e. The molecule has 1 fully saturated rings. The van der Waals surface area contributed by atoms with Crippen LogP contribution in [0.3, 0.4) is 0 Å². The van der Waals surface area contributed by atoms with Crippen molar-refractivity contribution in [3.63, 3.8) is 0 Å². The predicted octanol–water partition coefficient (Wildman–Crippen LogP) is 2.55. The molecule has 0 amide bonds. The van der Waals surface area contributed by atoms with Gasteiger partial charge in [-0.25, -0.2) is 4.39 Å². The van der Waals surface area contributed by atoms with E-state index in [4.69, 9.17) is 4.74 Å². The van der Waals surface area contributed by atoms with Crippen molar-refractivity contribution in [2.24, 2.45) is 0 Å². The molecule has 1 N–H and O–H groups in total. The molecule has 0 aromatic heterocycles. The minimum Gasteiger partial charge on any atom is -0.378 e. The molecular formula is C15H23FN2O. The third kappa shape index (κ3) is 3.67. The van der Waals surface area contributed by atoms with Gasteiger partial charge in [0.25, 0.3) is 0 Å². The number of nitrogens with zero attached hydrogens (tertiary/aromatic N) is 1. The summed E-state index contributed by atoms with van der Waals surface area (Å²) in [5, 5.41) is 3.03. The molecule has 1 saturated heterocycles. The van der Waals surface area contributed by atoms with Crippen molar-refractivity contribution >= 4 is 5.69 Å². The monoisotopic (exact) mass is 266 g/mol. The second-order valence-electron chi connectivity index (χ2n) is 4.96. The van der Waals surface area contributed by atoms with E-state index < -0.39 is 0 Å². The van der Waals surface area contributed by atoms with E-state index in [-0.39, 0.29) is 5.82 Å². The molecule has 4 heteroatoms. The first-order valence-corrected chi connectivity index (χ1v) is 7.04. The molecule has 0 spiro atoms. The van der Waals surface area contributed by atoms with Crippen LogP contribution >= 0.6 is 0 Å². The maximum absolute atomic E-state index is 14.1. The summed E-state index contributed by atoms with van der Waals surface area (Å²) in [5.74, 6) is -0.123. The number of nitrogens with one attached hydrogen (secondary N) is 1. The fourth-order valence-electron chi connectivity index (χ4n) is 2.62. The Morgan fingerprint density at radius 2 is 2.11 bits per heavy atom. The summed E-state index contributed by atoms with van der Waals surface area (Å²) in [4.78, 5) is 2.12. The van der Waals surface area contributed by atoms with Gasteiger partial charge in [-0.3, -0.25) is 0 Å². The lowest BCUT2D eigenvalue weighted by molar-refractivity contribution is 0.0458. The highest BCUT2D eigenvalue weighted by molar-refractivity contribution is 5.49. The highest BCUT2D eigenvalue weighted by Gasteiger charge is 2.21.